The van der Waals surface area contributed by atoms with Crippen LogP contribution in [0.15, 0.2) is 0 Å². The minimum Gasteiger partial charge on any atom is -0.368 e. The smallest absolute Gasteiger partial charge is 0.234 e. The van der Waals surface area contributed by atoms with Gasteiger partial charge in [0.25, 0.3) is 0 Å². The van der Waals surface area contributed by atoms with Crippen LogP contribution in [-0.2, 0) is 4.79 Å². The van der Waals surface area contributed by atoms with Gasteiger partial charge in [0.15, 0.2) is 0 Å². The number of carbonyl (C=O) groups is 1. The molecule has 0 aromatic heterocycles. The van der Waals surface area contributed by atoms with E-state index < -0.39 is 0 Å². The molecule has 0 aromatic rings. The van der Waals surface area contributed by atoms with Crippen LogP contribution in [0.25, 0.3) is 0 Å². The maximum Gasteiger partial charge on any atom is 0.234 e. The number of hydrogen-bond acceptors (Lipinski definition) is 2. The fraction of sp³-hybridized carbons (Fsp3) is 0.909. The van der Waals surface area contributed by atoms with E-state index >= 15 is 0 Å². The van der Waals surface area contributed by atoms with Crippen LogP contribution in [0.2, 0.25) is 0 Å². The number of primary amides is 1. The molecule has 1 fully saturated rings. The molecule has 0 radical (unpaired) electrons. The van der Waals surface area contributed by atoms with Gasteiger partial charge in [-0.2, -0.15) is 0 Å². The minimum absolute atomic E-state index is 0.188. The Bertz CT molecular complexity index is 194. The third kappa shape index (κ3) is 2.98. The summed E-state index contributed by atoms with van der Waals surface area (Å²) >= 11 is 0. The topological polar surface area (TPSA) is 55.1 Å². The standard InChI is InChI=1S/C11H22N2O/c1-3-9-6-4-5-7-10(9)13-8(2)11(12)14/h8-10,13H,3-7H2,1-2H3,(H2,12,14). The molecule has 3 nitrogen and oxygen atoms in total. The lowest BCUT2D eigenvalue weighted by molar-refractivity contribution is -0.120. The average molecular weight is 198 g/mol. The highest BCUT2D eigenvalue weighted by Crippen LogP contribution is 2.26. The molecule has 3 atom stereocenters. The van der Waals surface area contributed by atoms with Gasteiger partial charge < -0.3 is 11.1 Å². The number of carbonyl (C=O) groups excluding carboxylic acids is 1. The molecule has 1 amide bonds. The first-order chi connectivity index (χ1) is 6.65. The van der Waals surface area contributed by atoms with Crippen molar-refractivity contribution in [2.24, 2.45) is 11.7 Å². The molecule has 1 rings (SSSR count). The molecule has 0 saturated heterocycles. The van der Waals surface area contributed by atoms with E-state index in [0.29, 0.717) is 6.04 Å². The first kappa shape index (κ1) is 11.5. The zero-order valence-corrected chi connectivity index (χ0v) is 9.25. The molecule has 0 spiro atoms. The first-order valence-electron chi connectivity index (χ1n) is 5.70. The van der Waals surface area contributed by atoms with Crippen LogP contribution in [0.5, 0.6) is 0 Å². The van der Waals surface area contributed by atoms with Crippen molar-refractivity contribution in [2.45, 2.75) is 58.0 Å². The molecule has 0 bridgehead atoms. The maximum absolute atomic E-state index is 10.9. The SMILES string of the molecule is CCC1CCCCC1NC(C)C(N)=O. The van der Waals surface area contributed by atoms with E-state index in [-0.39, 0.29) is 11.9 Å². The van der Waals surface area contributed by atoms with Crippen LogP contribution >= 0.6 is 0 Å². The second kappa shape index (κ2) is 5.35. The van der Waals surface area contributed by atoms with E-state index in [1.165, 1.54) is 32.1 Å². The molecule has 14 heavy (non-hydrogen) atoms. The van der Waals surface area contributed by atoms with Crippen LogP contribution in [0, 0.1) is 5.92 Å². The number of nitrogens with two attached hydrogens (primary N) is 1. The fourth-order valence-electron chi connectivity index (χ4n) is 2.32. The lowest BCUT2D eigenvalue weighted by atomic mass is 9.82. The highest BCUT2D eigenvalue weighted by atomic mass is 16.1. The summed E-state index contributed by atoms with van der Waals surface area (Å²) in [5.41, 5.74) is 5.24. The number of hydrogen-bond donors (Lipinski definition) is 2. The molecule has 0 aliphatic heterocycles. The summed E-state index contributed by atoms with van der Waals surface area (Å²) in [6, 6.07) is 0.309. The Labute approximate surface area is 86.4 Å². The van der Waals surface area contributed by atoms with Gasteiger partial charge in [0.05, 0.1) is 6.04 Å². The molecule has 3 heteroatoms. The molecular formula is C11H22N2O. The summed E-state index contributed by atoms with van der Waals surface area (Å²) in [5.74, 6) is 0.482. The lowest BCUT2D eigenvalue weighted by Crippen LogP contribution is -2.48. The van der Waals surface area contributed by atoms with Gasteiger partial charge in [-0.25, -0.2) is 0 Å². The van der Waals surface area contributed by atoms with Crippen molar-refractivity contribution >= 4 is 5.91 Å². The highest BCUT2D eigenvalue weighted by molar-refractivity contribution is 5.79. The Balaban J connectivity index is 2.44. The molecule has 3 N–H and O–H groups in total. The van der Waals surface area contributed by atoms with Crippen molar-refractivity contribution in [3.05, 3.63) is 0 Å². The summed E-state index contributed by atoms with van der Waals surface area (Å²) in [6.45, 7) is 4.07. The van der Waals surface area contributed by atoms with Gasteiger partial charge in [-0.05, 0) is 25.7 Å². The van der Waals surface area contributed by atoms with E-state index in [4.69, 9.17) is 5.73 Å². The normalized spacial score (nSPS) is 29.9. The van der Waals surface area contributed by atoms with Gasteiger partial charge in [-0.3, -0.25) is 4.79 Å². The first-order valence-corrected chi connectivity index (χ1v) is 5.70. The predicted octanol–water partition coefficient (Wildman–Crippen LogP) is 1.42. The number of rotatable bonds is 4. The second-order valence-electron chi connectivity index (χ2n) is 4.35. The van der Waals surface area contributed by atoms with Crippen LogP contribution in [0.3, 0.4) is 0 Å². The maximum atomic E-state index is 10.9. The van der Waals surface area contributed by atoms with Crippen LogP contribution in [0.4, 0.5) is 0 Å². The molecule has 82 valence electrons. The van der Waals surface area contributed by atoms with Crippen molar-refractivity contribution in [1.29, 1.82) is 0 Å². The second-order valence-corrected chi connectivity index (χ2v) is 4.35. The average Bonchev–Trinajstić information content (AvgIpc) is 2.18. The van der Waals surface area contributed by atoms with E-state index in [9.17, 15) is 4.79 Å². The minimum atomic E-state index is -0.245. The zero-order valence-electron chi connectivity index (χ0n) is 9.25. The monoisotopic (exact) mass is 198 g/mol. The Morgan fingerprint density at radius 2 is 2.14 bits per heavy atom. The number of amides is 1. The Hall–Kier alpha value is -0.570. The van der Waals surface area contributed by atoms with Gasteiger partial charge in [0.2, 0.25) is 5.91 Å². The van der Waals surface area contributed by atoms with Gasteiger partial charge in [0.1, 0.15) is 0 Å². The molecule has 0 aromatic carbocycles. The summed E-state index contributed by atoms with van der Waals surface area (Å²) in [4.78, 5) is 10.9. The highest BCUT2D eigenvalue weighted by Gasteiger charge is 2.25. The third-order valence-corrected chi connectivity index (χ3v) is 3.32. The van der Waals surface area contributed by atoms with Crippen LogP contribution < -0.4 is 11.1 Å². The number of nitrogens with one attached hydrogen (secondary N) is 1. The van der Waals surface area contributed by atoms with Crippen molar-refractivity contribution in [2.75, 3.05) is 0 Å². The predicted molar refractivity (Wildman–Crippen MR) is 57.8 cm³/mol. The van der Waals surface area contributed by atoms with E-state index in [1.807, 2.05) is 6.92 Å². The van der Waals surface area contributed by atoms with Gasteiger partial charge in [-0.1, -0.05) is 26.2 Å². The molecule has 3 unspecified atom stereocenters. The third-order valence-electron chi connectivity index (χ3n) is 3.32. The summed E-state index contributed by atoms with van der Waals surface area (Å²) in [6.07, 6.45) is 6.29. The fourth-order valence-corrected chi connectivity index (χ4v) is 2.32. The van der Waals surface area contributed by atoms with Gasteiger partial charge in [-0.15, -0.1) is 0 Å². The lowest BCUT2D eigenvalue weighted by Gasteiger charge is -2.33. The largest absolute Gasteiger partial charge is 0.368 e. The Morgan fingerprint density at radius 1 is 1.50 bits per heavy atom. The molecule has 1 saturated carbocycles. The Kier molecular flexibility index (Phi) is 4.39. The van der Waals surface area contributed by atoms with E-state index in [2.05, 4.69) is 12.2 Å². The Morgan fingerprint density at radius 3 is 2.71 bits per heavy atom. The van der Waals surface area contributed by atoms with E-state index in [1.54, 1.807) is 0 Å². The van der Waals surface area contributed by atoms with E-state index in [0.717, 1.165) is 5.92 Å². The van der Waals surface area contributed by atoms with Crippen molar-refractivity contribution in [1.82, 2.24) is 5.32 Å². The quantitative estimate of drug-likeness (QED) is 0.717. The van der Waals surface area contributed by atoms with Gasteiger partial charge in [0, 0.05) is 6.04 Å². The molecule has 1 aliphatic rings. The van der Waals surface area contributed by atoms with Crippen molar-refractivity contribution < 1.29 is 4.79 Å². The summed E-state index contributed by atoms with van der Waals surface area (Å²) in [7, 11) is 0. The summed E-state index contributed by atoms with van der Waals surface area (Å²) < 4.78 is 0. The molecular weight excluding hydrogens is 176 g/mol. The van der Waals surface area contributed by atoms with Crippen molar-refractivity contribution in [3.63, 3.8) is 0 Å². The molecule has 1 aliphatic carbocycles. The zero-order chi connectivity index (χ0) is 10.6. The van der Waals surface area contributed by atoms with Crippen LogP contribution in [0.1, 0.15) is 46.0 Å². The van der Waals surface area contributed by atoms with Crippen LogP contribution in [-0.4, -0.2) is 18.0 Å². The van der Waals surface area contributed by atoms with Crippen molar-refractivity contribution in [3.8, 4) is 0 Å². The van der Waals surface area contributed by atoms with Gasteiger partial charge >= 0.3 is 0 Å². The summed E-state index contributed by atoms with van der Waals surface area (Å²) in [5, 5.41) is 3.34. The molecule has 0 heterocycles.